The van der Waals surface area contributed by atoms with Crippen molar-refractivity contribution in [1.82, 2.24) is 40.0 Å². The smallest absolute Gasteiger partial charge is 0.178 e. The Bertz CT molecular complexity index is 1820. The minimum absolute atomic E-state index is 0.194. The van der Waals surface area contributed by atoms with E-state index < -0.39 is 5.82 Å². The Morgan fingerprint density at radius 2 is 1.77 bits per heavy atom. The van der Waals surface area contributed by atoms with Crippen LogP contribution in [0.1, 0.15) is 24.8 Å². The summed E-state index contributed by atoms with van der Waals surface area (Å²) in [6.45, 7) is 2.90. The Morgan fingerprint density at radius 1 is 0.897 bits per heavy atom. The monoisotopic (exact) mass is 522 g/mol. The van der Waals surface area contributed by atoms with Crippen molar-refractivity contribution in [3.05, 3.63) is 78.4 Å². The molecule has 194 valence electrons. The first-order chi connectivity index (χ1) is 19.2. The fourth-order valence-corrected chi connectivity index (χ4v) is 5.35. The maximum Gasteiger partial charge on any atom is 0.178 e. The average molecular weight is 523 g/mol. The molecule has 0 radical (unpaired) electrons. The zero-order valence-corrected chi connectivity index (χ0v) is 21.0. The maximum atomic E-state index is 16.1. The van der Waals surface area contributed by atoms with Crippen LogP contribution in [0.25, 0.3) is 56.0 Å². The van der Waals surface area contributed by atoms with Crippen molar-refractivity contribution in [3.63, 3.8) is 0 Å². The zero-order chi connectivity index (χ0) is 26.3. The van der Waals surface area contributed by atoms with Gasteiger partial charge >= 0.3 is 0 Å². The van der Waals surface area contributed by atoms with E-state index in [-0.39, 0.29) is 16.9 Å². The van der Waals surface area contributed by atoms with Gasteiger partial charge in [-0.25, -0.2) is 18.7 Å². The van der Waals surface area contributed by atoms with Crippen LogP contribution >= 0.6 is 0 Å². The Kier molecular flexibility index (Phi) is 5.81. The Balaban J connectivity index is 1.30. The number of imidazole rings is 1. The summed E-state index contributed by atoms with van der Waals surface area (Å²) >= 11 is 0. The van der Waals surface area contributed by atoms with E-state index in [1.165, 1.54) is 25.3 Å². The number of pyridine rings is 3. The van der Waals surface area contributed by atoms with Gasteiger partial charge in [0.15, 0.2) is 17.3 Å². The molecular formula is C29H24F2N8. The van der Waals surface area contributed by atoms with E-state index in [1.807, 2.05) is 12.3 Å². The van der Waals surface area contributed by atoms with Crippen LogP contribution in [0.5, 0.6) is 0 Å². The number of fused-ring (bicyclic) bond motifs is 2. The van der Waals surface area contributed by atoms with Gasteiger partial charge in [0.25, 0.3) is 0 Å². The minimum Gasteiger partial charge on any atom is -0.335 e. The second-order valence-corrected chi connectivity index (χ2v) is 9.82. The highest BCUT2D eigenvalue weighted by Gasteiger charge is 2.22. The summed E-state index contributed by atoms with van der Waals surface area (Å²) in [6.07, 6.45) is 10.2. The number of aromatic amines is 2. The molecule has 0 saturated carbocycles. The van der Waals surface area contributed by atoms with E-state index in [9.17, 15) is 4.39 Å². The number of piperidine rings is 1. The molecule has 1 aromatic carbocycles. The number of rotatable bonds is 5. The molecule has 10 heteroatoms. The van der Waals surface area contributed by atoms with Gasteiger partial charge in [-0.1, -0.05) is 24.6 Å². The number of halogens is 2. The summed E-state index contributed by atoms with van der Waals surface area (Å²) in [7, 11) is 0. The lowest BCUT2D eigenvalue weighted by Gasteiger charge is -2.26. The molecule has 1 aliphatic heterocycles. The van der Waals surface area contributed by atoms with Gasteiger partial charge in [-0.05, 0) is 49.7 Å². The van der Waals surface area contributed by atoms with Crippen molar-refractivity contribution in [2.75, 3.05) is 13.1 Å². The van der Waals surface area contributed by atoms with Gasteiger partial charge in [-0.15, -0.1) is 0 Å². The van der Waals surface area contributed by atoms with E-state index in [4.69, 9.17) is 0 Å². The van der Waals surface area contributed by atoms with Gasteiger partial charge in [0.2, 0.25) is 0 Å². The van der Waals surface area contributed by atoms with Crippen molar-refractivity contribution in [3.8, 4) is 33.9 Å². The molecule has 5 aromatic heterocycles. The molecule has 0 atom stereocenters. The number of H-pyrrole nitrogens is 2. The Labute approximate surface area is 222 Å². The van der Waals surface area contributed by atoms with Crippen LogP contribution in [0.4, 0.5) is 8.78 Å². The molecule has 1 fully saturated rings. The van der Waals surface area contributed by atoms with E-state index in [2.05, 4.69) is 40.0 Å². The zero-order valence-electron chi connectivity index (χ0n) is 21.0. The predicted octanol–water partition coefficient (Wildman–Crippen LogP) is 5.89. The van der Waals surface area contributed by atoms with Crippen molar-refractivity contribution < 1.29 is 8.78 Å². The largest absolute Gasteiger partial charge is 0.335 e. The van der Waals surface area contributed by atoms with Crippen molar-refractivity contribution in [2.24, 2.45) is 0 Å². The van der Waals surface area contributed by atoms with E-state index in [1.54, 1.807) is 42.9 Å². The first-order valence-corrected chi connectivity index (χ1v) is 12.9. The molecule has 2 N–H and O–H groups in total. The molecule has 0 amide bonds. The predicted molar refractivity (Wildman–Crippen MR) is 144 cm³/mol. The molecule has 1 aliphatic rings. The van der Waals surface area contributed by atoms with Gasteiger partial charge in [-0.3, -0.25) is 20.0 Å². The minimum atomic E-state index is -0.518. The van der Waals surface area contributed by atoms with Crippen LogP contribution in [-0.2, 0) is 6.54 Å². The van der Waals surface area contributed by atoms with Crippen LogP contribution in [0.2, 0.25) is 0 Å². The SMILES string of the molecule is Fc1ccccc1-c1ccnc2nc(-c3n[nH]c4cnc(-c5cncc(CN6CCCCC6)c5)c(F)c34)[nH]c12. The summed E-state index contributed by atoms with van der Waals surface area (Å²) < 4.78 is 30.7. The van der Waals surface area contributed by atoms with Crippen LogP contribution in [0.3, 0.4) is 0 Å². The first kappa shape index (κ1) is 23.5. The molecule has 39 heavy (non-hydrogen) atoms. The molecule has 8 nitrogen and oxygen atoms in total. The van der Waals surface area contributed by atoms with E-state index in [0.717, 1.165) is 25.2 Å². The number of likely N-dealkylation sites (tertiary alicyclic amines) is 1. The van der Waals surface area contributed by atoms with Gasteiger partial charge in [0.1, 0.15) is 17.2 Å². The van der Waals surface area contributed by atoms with E-state index in [0.29, 0.717) is 44.9 Å². The quantitative estimate of drug-likeness (QED) is 0.293. The first-order valence-electron chi connectivity index (χ1n) is 12.9. The third-order valence-electron chi connectivity index (χ3n) is 7.25. The summed E-state index contributed by atoms with van der Waals surface area (Å²) in [5, 5.41) is 7.46. The molecule has 0 aliphatic carbocycles. The third kappa shape index (κ3) is 4.22. The molecule has 7 rings (SSSR count). The van der Waals surface area contributed by atoms with Crippen molar-refractivity contribution in [2.45, 2.75) is 25.8 Å². The normalized spacial score (nSPS) is 14.4. The fraction of sp³-hybridized carbons (Fsp3) is 0.207. The highest BCUT2D eigenvalue weighted by Crippen LogP contribution is 2.34. The van der Waals surface area contributed by atoms with Crippen molar-refractivity contribution >= 4 is 22.1 Å². The van der Waals surface area contributed by atoms with Crippen LogP contribution in [0.15, 0.2) is 61.2 Å². The van der Waals surface area contributed by atoms with E-state index >= 15 is 4.39 Å². The highest BCUT2D eigenvalue weighted by molar-refractivity contribution is 5.97. The number of hydrogen-bond donors (Lipinski definition) is 2. The topological polar surface area (TPSA) is 99.3 Å². The van der Waals surface area contributed by atoms with Gasteiger partial charge in [0.05, 0.1) is 22.6 Å². The third-order valence-corrected chi connectivity index (χ3v) is 7.25. The van der Waals surface area contributed by atoms with Crippen LogP contribution in [-0.4, -0.2) is 53.1 Å². The van der Waals surface area contributed by atoms with Crippen molar-refractivity contribution in [1.29, 1.82) is 0 Å². The van der Waals surface area contributed by atoms with Gasteiger partial charge in [-0.2, -0.15) is 5.10 Å². The standard InChI is InChI=1S/C29H24F2N8/c30-21-7-3-2-6-19(21)20-8-9-33-28-26(20)35-29(36-28)27-23-22(37-38-27)15-34-25(24(23)31)18-12-17(13-32-14-18)16-39-10-4-1-5-11-39/h2-3,6-9,12-15H,1,4-5,10-11,16H2,(H,37,38)(H,33,35,36). The van der Waals surface area contributed by atoms with Gasteiger partial charge < -0.3 is 4.98 Å². The molecule has 0 unspecified atom stereocenters. The number of nitrogens with one attached hydrogen (secondary N) is 2. The second-order valence-electron chi connectivity index (χ2n) is 9.82. The lowest BCUT2D eigenvalue weighted by atomic mass is 10.1. The summed E-state index contributed by atoms with van der Waals surface area (Å²) in [5.74, 6) is -0.555. The molecule has 1 saturated heterocycles. The molecule has 0 spiro atoms. The fourth-order valence-electron chi connectivity index (χ4n) is 5.35. The Hall–Kier alpha value is -4.57. The lowest BCUT2D eigenvalue weighted by Crippen LogP contribution is -2.29. The molecule has 0 bridgehead atoms. The molecule has 6 aromatic rings. The highest BCUT2D eigenvalue weighted by atomic mass is 19.1. The maximum absolute atomic E-state index is 16.1. The number of nitrogens with zero attached hydrogens (tertiary/aromatic N) is 6. The van der Waals surface area contributed by atoms with Crippen LogP contribution < -0.4 is 0 Å². The summed E-state index contributed by atoms with van der Waals surface area (Å²) in [5.41, 5.74) is 4.49. The molecular weight excluding hydrogens is 498 g/mol. The van der Waals surface area contributed by atoms with Gasteiger partial charge in [0, 0.05) is 41.8 Å². The number of benzene rings is 1. The number of hydrogen-bond acceptors (Lipinski definition) is 6. The van der Waals surface area contributed by atoms with Crippen LogP contribution in [0, 0.1) is 11.6 Å². The number of aromatic nitrogens is 7. The summed E-state index contributed by atoms with van der Waals surface area (Å²) in [6, 6.07) is 10.2. The Morgan fingerprint density at radius 3 is 2.64 bits per heavy atom. The summed E-state index contributed by atoms with van der Waals surface area (Å²) in [4.78, 5) is 23.3. The average Bonchev–Trinajstić information content (AvgIpc) is 3.59. The lowest BCUT2D eigenvalue weighted by molar-refractivity contribution is 0.220. The molecule has 6 heterocycles. The second kappa shape index (κ2) is 9.63.